The molecule has 0 aliphatic heterocycles. The molecule has 0 aromatic heterocycles. The molecule has 3 N–H and O–H groups in total. The SMILES string of the molecule is Cl.NC(=O)CN[C@@H]1C[C@H]1c1ccc(OCc2cccc(F)c2)cc1. The largest absolute Gasteiger partial charge is 0.489 e. The molecule has 2 aromatic carbocycles. The highest BCUT2D eigenvalue weighted by molar-refractivity contribution is 5.85. The van der Waals surface area contributed by atoms with Crippen molar-refractivity contribution in [2.24, 2.45) is 5.73 Å². The zero-order valence-electron chi connectivity index (χ0n) is 13.1. The molecule has 1 aliphatic rings. The lowest BCUT2D eigenvalue weighted by Crippen LogP contribution is -2.30. The van der Waals surface area contributed by atoms with Crippen LogP contribution >= 0.6 is 12.4 Å². The molecule has 0 heterocycles. The molecule has 24 heavy (non-hydrogen) atoms. The predicted molar refractivity (Wildman–Crippen MR) is 92.8 cm³/mol. The molecule has 3 rings (SSSR count). The van der Waals surface area contributed by atoms with Crippen molar-refractivity contribution < 1.29 is 13.9 Å². The molecule has 0 unspecified atom stereocenters. The topological polar surface area (TPSA) is 64.4 Å². The van der Waals surface area contributed by atoms with Gasteiger partial charge in [0.1, 0.15) is 18.2 Å². The van der Waals surface area contributed by atoms with Crippen molar-refractivity contribution in [1.29, 1.82) is 0 Å². The highest BCUT2D eigenvalue weighted by atomic mass is 35.5. The van der Waals surface area contributed by atoms with Crippen LogP contribution in [-0.4, -0.2) is 18.5 Å². The summed E-state index contributed by atoms with van der Waals surface area (Å²) in [6, 6.07) is 14.6. The molecular weight excluding hydrogens is 331 g/mol. The van der Waals surface area contributed by atoms with E-state index in [4.69, 9.17) is 10.5 Å². The Morgan fingerprint density at radius 2 is 2.00 bits per heavy atom. The van der Waals surface area contributed by atoms with E-state index < -0.39 is 0 Å². The number of nitrogens with two attached hydrogens (primary N) is 1. The molecule has 6 heteroatoms. The van der Waals surface area contributed by atoms with Crippen LogP contribution in [0, 0.1) is 5.82 Å². The average Bonchev–Trinajstić information content (AvgIpc) is 3.31. The number of amides is 1. The summed E-state index contributed by atoms with van der Waals surface area (Å²) in [4.78, 5) is 10.7. The third-order valence-corrected chi connectivity index (χ3v) is 3.93. The quantitative estimate of drug-likeness (QED) is 0.807. The molecule has 128 valence electrons. The number of hydrogen-bond acceptors (Lipinski definition) is 3. The van der Waals surface area contributed by atoms with E-state index in [2.05, 4.69) is 5.32 Å². The molecule has 2 aromatic rings. The van der Waals surface area contributed by atoms with E-state index in [-0.39, 0.29) is 30.7 Å². The van der Waals surface area contributed by atoms with E-state index >= 15 is 0 Å². The maximum absolute atomic E-state index is 13.1. The Morgan fingerprint density at radius 3 is 2.67 bits per heavy atom. The van der Waals surface area contributed by atoms with E-state index in [0.717, 1.165) is 17.7 Å². The first-order chi connectivity index (χ1) is 11.1. The molecule has 0 spiro atoms. The lowest BCUT2D eigenvalue weighted by atomic mass is 10.1. The summed E-state index contributed by atoms with van der Waals surface area (Å²) in [5, 5.41) is 3.13. The smallest absolute Gasteiger partial charge is 0.231 e. The zero-order chi connectivity index (χ0) is 16.2. The second-order valence-corrected chi connectivity index (χ2v) is 5.78. The molecule has 2 atom stereocenters. The molecule has 1 fully saturated rings. The fraction of sp³-hybridized carbons (Fsp3) is 0.278. The van der Waals surface area contributed by atoms with Crippen LogP contribution in [0.2, 0.25) is 0 Å². The zero-order valence-corrected chi connectivity index (χ0v) is 13.9. The van der Waals surface area contributed by atoms with Crippen LogP contribution in [-0.2, 0) is 11.4 Å². The van der Waals surface area contributed by atoms with Crippen molar-refractivity contribution in [3.05, 3.63) is 65.5 Å². The number of halogens is 2. The number of carbonyl (C=O) groups is 1. The van der Waals surface area contributed by atoms with E-state index in [1.807, 2.05) is 30.3 Å². The normalized spacial score (nSPS) is 18.5. The van der Waals surface area contributed by atoms with Crippen LogP contribution in [0.15, 0.2) is 48.5 Å². The van der Waals surface area contributed by atoms with Crippen molar-refractivity contribution in [3.63, 3.8) is 0 Å². The molecule has 1 aliphatic carbocycles. The van der Waals surface area contributed by atoms with Crippen LogP contribution in [0.5, 0.6) is 5.75 Å². The van der Waals surface area contributed by atoms with E-state index in [1.54, 1.807) is 6.07 Å². The van der Waals surface area contributed by atoms with E-state index in [1.165, 1.54) is 17.7 Å². The molecule has 1 amide bonds. The average molecular weight is 351 g/mol. The van der Waals surface area contributed by atoms with Gasteiger partial charge in [-0.05, 0) is 41.8 Å². The molecular formula is C18H20ClFN2O2. The lowest BCUT2D eigenvalue weighted by Gasteiger charge is -2.08. The van der Waals surface area contributed by atoms with Gasteiger partial charge in [0.25, 0.3) is 0 Å². The van der Waals surface area contributed by atoms with Gasteiger partial charge in [-0.3, -0.25) is 4.79 Å². The monoisotopic (exact) mass is 350 g/mol. The van der Waals surface area contributed by atoms with Gasteiger partial charge < -0.3 is 15.8 Å². The first kappa shape index (κ1) is 18.2. The summed E-state index contributed by atoms with van der Waals surface area (Å²) < 4.78 is 18.8. The molecule has 0 bridgehead atoms. The summed E-state index contributed by atoms with van der Waals surface area (Å²) in [6.07, 6.45) is 1.01. The van der Waals surface area contributed by atoms with Crippen molar-refractivity contribution in [2.45, 2.75) is 25.0 Å². The van der Waals surface area contributed by atoms with Gasteiger partial charge in [0.2, 0.25) is 5.91 Å². The standard InChI is InChI=1S/C18H19FN2O2.ClH/c19-14-3-1-2-12(8-14)11-23-15-6-4-13(5-7-15)16-9-17(16)21-10-18(20)22;/h1-8,16-17,21H,9-11H2,(H2,20,22);1H/t16-,17+;/m0./s1. The summed E-state index contributed by atoms with van der Waals surface area (Å²) in [5.41, 5.74) is 7.13. The minimum Gasteiger partial charge on any atom is -0.489 e. The Kier molecular flexibility index (Phi) is 6.17. The van der Waals surface area contributed by atoms with Gasteiger partial charge in [-0.15, -0.1) is 12.4 Å². The van der Waals surface area contributed by atoms with Gasteiger partial charge in [0.05, 0.1) is 6.54 Å². The highest BCUT2D eigenvalue weighted by Crippen LogP contribution is 2.41. The Morgan fingerprint density at radius 1 is 1.25 bits per heavy atom. The minimum absolute atomic E-state index is 0. The van der Waals surface area contributed by atoms with E-state index in [9.17, 15) is 9.18 Å². The van der Waals surface area contributed by atoms with Crippen LogP contribution in [0.1, 0.15) is 23.5 Å². The Bertz CT molecular complexity index is 694. The molecule has 0 radical (unpaired) electrons. The number of primary amides is 1. The highest BCUT2D eigenvalue weighted by Gasteiger charge is 2.37. The number of benzene rings is 2. The van der Waals surface area contributed by atoms with Crippen molar-refractivity contribution >= 4 is 18.3 Å². The number of nitrogens with one attached hydrogen (secondary N) is 1. The maximum atomic E-state index is 13.1. The number of rotatable bonds is 7. The van der Waals surface area contributed by atoms with Gasteiger partial charge in [0, 0.05) is 12.0 Å². The Labute approximate surface area is 146 Å². The number of ether oxygens (including phenoxy) is 1. The summed E-state index contributed by atoms with van der Waals surface area (Å²) in [6.45, 7) is 0.555. The number of carbonyl (C=O) groups excluding carboxylic acids is 1. The second kappa shape index (κ2) is 8.13. The first-order valence-electron chi connectivity index (χ1n) is 7.61. The van der Waals surface area contributed by atoms with Gasteiger partial charge in [-0.1, -0.05) is 24.3 Å². The maximum Gasteiger partial charge on any atom is 0.231 e. The fourth-order valence-electron chi connectivity index (χ4n) is 2.63. The Hall–Kier alpha value is -2.11. The number of hydrogen-bond donors (Lipinski definition) is 2. The van der Waals surface area contributed by atoms with Crippen LogP contribution in [0.25, 0.3) is 0 Å². The lowest BCUT2D eigenvalue weighted by molar-refractivity contribution is -0.117. The van der Waals surface area contributed by atoms with Gasteiger partial charge in [-0.2, -0.15) is 0 Å². The van der Waals surface area contributed by atoms with Crippen molar-refractivity contribution in [2.75, 3.05) is 6.54 Å². The minimum atomic E-state index is -0.336. The molecule has 1 saturated carbocycles. The fourth-order valence-corrected chi connectivity index (χ4v) is 2.63. The molecule has 4 nitrogen and oxygen atoms in total. The van der Waals surface area contributed by atoms with Crippen molar-refractivity contribution in [1.82, 2.24) is 5.32 Å². The van der Waals surface area contributed by atoms with Gasteiger partial charge in [0.15, 0.2) is 0 Å². The summed E-state index contributed by atoms with van der Waals surface area (Å²) in [5.74, 6) is 0.577. The van der Waals surface area contributed by atoms with Gasteiger partial charge >= 0.3 is 0 Å². The van der Waals surface area contributed by atoms with Crippen LogP contribution in [0.4, 0.5) is 4.39 Å². The van der Waals surface area contributed by atoms with Gasteiger partial charge in [-0.25, -0.2) is 4.39 Å². The van der Waals surface area contributed by atoms with Crippen molar-refractivity contribution in [3.8, 4) is 5.75 Å². The summed E-state index contributed by atoms with van der Waals surface area (Å²) >= 11 is 0. The van der Waals surface area contributed by atoms with Crippen LogP contribution < -0.4 is 15.8 Å². The van der Waals surface area contributed by atoms with E-state index in [0.29, 0.717) is 18.6 Å². The Balaban J connectivity index is 0.00000208. The first-order valence-corrected chi connectivity index (χ1v) is 7.61. The molecule has 0 saturated heterocycles. The third-order valence-electron chi connectivity index (χ3n) is 3.93. The predicted octanol–water partition coefficient (Wildman–Crippen LogP) is 2.76. The second-order valence-electron chi connectivity index (χ2n) is 5.78. The summed E-state index contributed by atoms with van der Waals surface area (Å²) in [7, 11) is 0. The third kappa shape index (κ3) is 4.94. The van der Waals surface area contributed by atoms with Crippen LogP contribution in [0.3, 0.4) is 0 Å².